The highest BCUT2D eigenvalue weighted by Gasteiger charge is 2.21. The second-order valence-corrected chi connectivity index (χ2v) is 5.44. The van der Waals surface area contributed by atoms with Crippen molar-refractivity contribution in [2.75, 3.05) is 11.9 Å². The van der Waals surface area contributed by atoms with Crippen LogP contribution >= 0.6 is 0 Å². The van der Waals surface area contributed by atoms with Crippen molar-refractivity contribution in [3.8, 4) is 0 Å². The van der Waals surface area contributed by atoms with E-state index in [-0.39, 0.29) is 5.56 Å². The van der Waals surface area contributed by atoms with E-state index >= 15 is 0 Å². The van der Waals surface area contributed by atoms with Crippen LogP contribution in [0.4, 0.5) is 5.82 Å². The van der Waals surface area contributed by atoms with Crippen molar-refractivity contribution in [1.82, 2.24) is 9.55 Å². The van der Waals surface area contributed by atoms with Gasteiger partial charge in [-0.15, -0.1) is 0 Å². The van der Waals surface area contributed by atoms with Crippen LogP contribution in [-0.2, 0) is 6.54 Å². The summed E-state index contributed by atoms with van der Waals surface area (Å²) in [5, 5.41) is 3.23. The molecule has 4 heteroatoms. The Morgan fingerprint density at radius 3 is 3.00 bits per heavy atom. The van der Waals surface area contributed by atoms with Gasteiger partial charge in [-0.3, -0.25) is 4.79 Å². The lowest BCUT2D eigenvalue weighted by Gasteiger charge is -2.12. The van der Waals surface area contributed by atoms with E-state index in [0.717, 1.165) is 25.4 Å². The standard InChI is InChI=1S/C14H23N3O/c1-3-7-17-8-6-15-13(14(17)18)16-10-12-5-4-11(2)9-12/h6,8,11-12H,3-5,7,9-10H2,1-2H3,(H,15,16). The first-order valence-electron chi connectivity index (χ1n) is 7.00. The maximum atomic E-state index is 12.1. The third kappa shape index (κ3) is 3.12. The molecule has 1 aromatic heterocycles. The SMILES string of the molecule is CCCn1ccnc(NCC2CCC(C)C2)c1=O. The zero-order valence-electron chi connectivity index (χ0n) is 11.4. The highest BCUT2D eigenvalue weighted by molar-refractivity contribution is 5.30. The molecule has 2 unspecified atom stereocenters. The molecule has 1 heterocycles. The Morgan fingerprint density at radius 2 is 2.33 bits per heavy atom. The van der Waals surface area contributed by atoms with Crippen molar-refractivity contribution in [3.63, 3.8) is 0 Å². The summed E-state index contributed by atoms with van der Waals surface area (Å²) in [7, 11) is 0. The zero-order valence-corrected chi connectivity index (χ0v) is 11.4. The zero-order chi connectivity index (χ0) is 13.0. The minimum atomic E-state index is 0.00500. The number of hydrogen-bond acceptors (Lipinski definition) is 3. The molecule has 1 aliphatic rings. The maximum Gasteiger partial charge on any atom is 0.293 e. The molecule has 1 aliphatic carbocycles. The van der Waals surface area contributed by atoms with Crippen LogP contribution in [0.2, 0.25) is 0 Å². The first-order valence-corrected chi connectivity index (χ1v) is 7.00. The molecule has 100 valence electrons. The summed E-state index contributed by atoms with van der Waals surface area (Å²) in [6.07, 6.45) is 8.27. The maximum absolute atomic E-state index is 12.1. The van der Waals surface area contributed by atoms with Crippen LogP contribution in [0, 0.1) is 11.8 Å². The fourth-order valence-corrected chi connectivity index (χ4v) is 2.74. The summed E-state index contributed by atoms with van der Waals surface area (Å²) in [4.78, 5) is 16.2. The van der Waals surface area contributed by atoms with E-state index in [2.05, 4.69) is 24.1 Å². The number of hydrogen-bond donors (Lipinski definition) is 1. The lowest BCUT2D eigenvalue weighted by Crippen LogP contribution is -2.26. The van der Waals surface area contributed by atoms with Crippen LogP contribution < -0.4 is 10.9 Å². The molecule has 0 saturated heterocycles. The van der Waals surface area contributed by atoms with Gasteiger partial charge >= 0.3 is 0 Å². The van der Waals surface area contributed by atoms with Gasteiger partial charge in [-0.05, 0) is 31.1 Å². The highest BCUT2D eigenvalue weighted by Crippen LogP contribution is 2.29. The molecule has 0 radical (unpaired) electrons. The van der Waals surface area contributed by atoms with Gasteiger partial charge < -0.3 is 9.88 Å². The second-order valence-electron chi connectivity index (χ2n) is 5.44. The van der Waals surface area contributed by atoms with E-state index in [4.69, 9.17) is 0 Å². The summed E-state index contributed by atoms with van der Waals surface area (Å²) >= 11 is 0. The smallest absolute Gasteiger partial charge is 0.293 e. The Kier molecular flexibility index (Phi) is 4.39. The van der Waals surface area contributed by atoms with Crippen molar-refractivity contribution in [1.29, 1.82) is 0 Å². The number of anilines is 1. The van der Waals surface area contributed by atoms with E-state index in [0.29, 0.717) is 11.7 Å². The second kappa shape index (κ2) is 6.03. The Morgan fingerprint density at radius 1 is 1.50 bits per heavy atom. The lowest BCUT2D eigenvalue weighted by molar-refractivity contribution is 0.535. The Bertz CT molecular complexity index is 441. The summed E-state index contributed by atoms with van der Waals surface area (Å²) < 4.78 is 1.73. The quantitative estimate of drug-likeness (QED) is 0.872. The third-order valence-corrected chi connectivity index (χ3v) is 3.74. The van der Waals surface area contributed by atoms with Crippen molar-refractivity contribution < 1.29 is 0 Å². The molecule has 18 heavy (non-hydrogen) atoms. The van der Waals surface area contributed by atoms with Crippen molar-refractivity contribution in [2.45, 2.75) is 46.1 Å². The van der Waals surface area contributed by atoms with Gasteiger partial charge in [0.15, 0.2) is 5.82 Å². The highest BCUT2D eigenvalue weighted by atomic mass is 16.1. The fourth-order valence-electron chi connectivity index (χ4n) is 2.74. The first kappa shape index (κ1) is 13.1. The van der Waals surface area contributed by atoms with Crippen LogP contribution in [0.5, 0.6) is 0 Å². The molecule has 2 rings (SSSR count). The normalized spacial score (nSPS) is 23.2. The van der Waals surface area contributed by atoms with Crippen molar-refractivity contribution >= 4 is 5.82 Å². The molecular formula is C14H23N3O. The van der Waals surface area contributed by atoms with Gasteiger partial charge in [0.2, 0.25) is 0 Å². The summed E-state index contributed by atoms with van der Waals surface area (Å²) in [6, 6.07) is 0. The number of aryl methyl sites for hydroxylation is 1. The molecule has 0 bridgehead atoms. The molecule has 0 aliphatic heterocycles. The van der Waals surface area contributed by atoms with Crippen LogP contribution in [0.15, 0.2) is 17.2 Å². The predicted molar refractivity (Wildman–Crippen MR) is 73.8 cm³/mol. The molecule has 1 saturated carbocycles. The number of rotatable bonds is 5. The molecule has 1 fully saturated rings. The van der Waals surface area contributed by atoms with Gasteiger partial charge in [-0.1, -0.05) is 20.3 Å². The molecule has 1 N–H and O–H groups in total. The van der Waals surface area contributed by atoms with E-state index in [9.17, 15) is 4.79 Å². The Balaban J connectivity index is 1.97. The number of nitrogens with one attached hydrogen (secondary N) is 1. The molecule has 4 nitrogen and oxygen atoms in total. The first-order chi connectivity index (χ1) is 8.70. The fraction of sp³-hybridized carbons (Fsp3) is 0.714. The van der Waals surface area contributed by atoms with E-state index in [1.54, 1.807) is 17.0 Å². The molecule has 1 aromatic rings. The Labute approximate surface area is 108 Å². The summed E-state index contributed by atoms with van der Waals surface area (Å²) in [5.41, 5.74) is 0.00500. The molecule has 0 spiro atoms. The minimum Gasteiger partial charge on any atom is -0.365 e. The molecule has 0 aromatic carbocycles. The monoisotopic (exact) mass is 249 g/mol. The largest absolute Gasteiger partial charge is 0.365 e. The van der Waals surface area contributed by atoms with Gasteiger partial charge in [0, 0.05) is 25.5 Å². The number of aromatic nitrogens is 2. The Hall–Kier alpha value is -1.32. The topological polar surface area (TPSA) is 46.9 Å². The third-order valence-electron chi connectivity index (χ3n) is 3.74. The molecular weight excluding hydrogens is 226 g/mol. The van der Waals surface area contributed by atoms with E-state index < -0.39 is 0 Å². The average molecular weight is 249 g/mol. The number of nitrogens with zero attached hydrogens (tertiary/aromatic N) is 2. The molecule has 2 atom stereocenters. The van der Waals surface area contributed by atoms with Crippen LogP contribution in [-0.4, -0.2) is 16.1 Å². The van der Waals surface area contributed by atoms with Crippen LogP contribution in [0.25, 0.3) is 0 Å². The van der Waals surface area contributed by atoms with Gasteiger partial charge in [-0.2, -0.15) is 0 Å². The van der Waals surface area contributed by atoms with Crippen LogP contribution in [0.1, 0.15) is 39.5 Å². The van der Waals surface area contributed by atoms with Crippen LogP contribution in [0.3, 0.4) is 0 Å². The van der Waals surface area contributed by atoms with Gasteiger partial charge in [-0.25, -0.2) is 4.98 Å². The van der Waals surface area contributed by atoms with Gasteiger partial charge in [0.05, 0.1) is 0 Å². The minimum absolute atomic E-state index is 0.00500. The van der Waals surface area contributed by atoms with Crippen molar-refractivity contribution in [3.05, 3.63) is 22.7 Å². The molecule has 0 amide bonds. The average Bonchev–Trinajstić information content (AvgIpc) is 2.77. The van der Waals surface area contributed by atoms with E-state index in [1.165, 1.54) is 19.3 Å². The van der Waals surface area contributed by atoms with Gasteiger partial charge in [0.1, 0.15) is 0 Å². The lowest BCUT2D eigenvalue weighted by atomic mass is 10.1. The van der Waals surface area contributed by atoms with Crippen molar-refractivity contribution in [2.24, 2.45) is 11.8 Å². The summed E-state index contributed by atoms with van der Waals surface area (Å²) in [6.45, 7) is 6.01. The van der Waals surface area contributed by atoms with E-state index in [1.807, 2.05) is 0 Å². The summed E-state index contributed by atoms with van der Waals surface area (Å²) in [5.74, 6) is 2.03. The van der Waals surface area contributed by atoms with Gasteiger partial charge in [0.25, 0.3) is 5.56 Å². The predicted octanol–water partition coefficient (Wildman–Crippen LogP) is 2.50.